The van der Waals surface area contributed by atoms with Gasteiger partial charge in [-0.2, -0.15) is 11.8 Å². The maximum Gasteiger partial charge on any atom is 0.115 e. The third kappa shape index (κ3) is 1.67. The smallest absolute Gasteiger partial charge is 0.115 e. The van der Waals surface area contributed by atoms with E-state index in [9.17, 15) is 0 Å². The Morgan fingerprint density at radius 3 is 3.25 bits per heavy atom. The van der Waals surface area contributed by atoms with Gasteiger partial charge in [-0.05, 0) is 30.7 Å². The Hall–Kier alpha value is -1.16. The summed E-state index contributed by atoms with van der Waals surface area (Å²) in [5.41, 5.74) is 7.09. The van der Waals surface area contributed by atoms with Gasteiger partial charge in [0.15, 0.2) is 0 Å². The van der Waals surface area contributed by atoms with Gasteiger partial charge in [-0.15, -0.1) is 0 Å². The lowest BCUT2D eigenvalue weighted by molar-refractivity contribution is 0.744. The van der Waals surface area contributed by atoms with E-state index in [-0.39, 0.29) is 0 Å². The number of aromatic nitrogens is 2. The van der Waals surface area contributed by atoms with Crippen molar-refractivity contribution in [3.63, 3.8) is 0 Å². The maximum absolute atomic E-state index is 5.99. The first-order valence-electron chi connectivity index (χ1n) is 5.67. The van der Waals surface area contributed by atoms with Crippen LogP contribution in [0.3, 0.4) is 0 Å². The van der Waals surface area contributed by atoms with Gasteiger partial charge in [0, 0.05) is 11.7 Å². The summed E-state index contributed by atoms with van der Waals surface area (Å²) in [5.74, 6) is 3.18. The summed E-state index contributed by atoms with van der Waals surface area (Å²) in [7, 11) is 0. The molecule has 0 bridgehead atoms. The van der Waals surface area contributed by atoms with Gasteiger partial charge in [0.25, 0.3) is 0 Å². The Morgan fingerprint density at radius 1 is 1.50 bits per heavy atom. The van der Waals surface area contributed by atoms with Crippen molar-refractivity contribution < 1.29 is 0 Å². The van der Waals surface area contributed by atoms with E-state index in [1.165, 1.54) is 18.6 Å². The van der Waals surface area contributed by atoms with Crippen molar-refractivity contribution in [2.45, 2.75) is 24.5 Å². The number of anilines is 1. The third-order valence-electron chi connectivity index (χ3n) is 3.09. The minimum Gasteiger partial charge on any atom is -0.385 e. The molecule has 1 fully saturated rings. The first-order chi connectivity index (χ1) is 7.84. The molecule has 16 heavy (non-hydrogen) atoms. The van der Waals surface area contributed by atoms with Crippen LogP contribution in [0, 0.1) is 0 Å². The molecule has 0 aromatic carbocycles. The minimum atomic E-state index is 0.727. The number of fused-ring (bicyclic) bond motifs is 1. The Balaban J connectivity index is 1.97. The molecule has 4 heteroatoms. The summed E-state index contributed by atoms with van der Waals surface area (Å²) < 4.78 is 2.07. The Bertz CT molecular complexity index is 500. The fourth-order valence-electron chi connectivity index (χ4n) is 2.29. The number of nitrogen functional groups attached to an aromatic ring is 1. The minimum absolute atomic E-state index is 0.727. The van der Waals surface area contributed by atoms with Crippen LogP contribution in [0.15, 0.2) is 24.4 Å². The van der Waals surface area contributed by atoms with Crippen molar-refractivity contribution in [2.24, 2.45) is 0 Å². The van der Waals surface area contributed by atoms with E-state index in [4.69, 9.17) is 5.73 Å². The van der Waals surface area contributed by atoms with Gasteiger partial charge in [-0.1, -0.05) is 6.07 Å². The average Bonchev–Trinajstić information content (AvgIpc) is 2.90. The van der Waals surface area contributed by atoms with Crippen molar-refractivity contribution in [2.75, 3.05) is 11.5 Å². The molecule has 1 aliphatic heterocycles. The zero-order chi connectivity index (χ0) is 11.0. The summed E-state index contributed by atoms with van der Waals surface area (Å²) in [6, 6.07) is 5.95. The zero-order valence-electron chi connectivity index (χ0n) is 9.10. The first-order valence-corrected chi connectivity index (χ1v) is 6.72. The van der Waals surface area contributed by atoms with Crippen LogP contribution in [-0.4, -0.2) is 20.4 Å². The summed E-state index contributed by atoms with van der Waals surface area (Å²) in [4.78, 5) is 4.49. The standard InChI is InChI=1S/C12H15N3S/c13-11-5-1-3-9-8-14-12(15(9)11)7-10-4-2-6-16-10/h1,3,5,8,10H,2,4,6-7,13H2. The fraction of sp³-hybridized carbons (Fsp3) is 0.417. The summed E-state index contributed by atoms with van der Waals surface area (Å²) >= 11 is 2.06. The highest BCUT2D eigenvalue weighted by Gasteiger charge is 2.18. The van der Waals surface area contributed by atoms with Crippen molar-refractivity contribution in [1.29, 1.82) is 0 Å². The van der Waals surface area contributed by atoms with E-state index in [1.807, 2.05) is 18.3 Å². The number of hydrogen-bond acceptors (Lipinski definition) is 3. The molecule has 1 aliphatic rings. The summed E-state index contributed by atoms with van der Waals surface area (Å²) in [6.45, 7) is 0. The van der Waals surface area contributed by atoms with E-state index in [0.717, 1.165) is 28.8 Å². The van der Waals surface area contributed by atoms with Crippen LogP contribution >= 0.6 is 11.8 Å². The van der Waals surface area contributed by atoms with Crippen molar-refractivity contribution in [3.8, 4) is 0 Å². The molecule has 0 radical (unpaired) electrons. The molecule has 1 unspecified atom stereocenters. The van der Waals surface area contributed by atoms with Crippen LogP contribution in [-0.2, 0) is 6.42 Å². The molecule has 0 saturated carbocycles. The number of nitrogens with zero attached hydrogens (tertiary/aromatic N) is 2. The number of thioether (sulfide) groups is 1. The molecule has 3 heterocycles. The van der Waals surface area contributed by atoms with Crippen LogP contribution in [0.1, 0.15) is 18.7 Å². The molecule has 1 saturated heterocycles. The number of hydrogen-bond donors (Lipinski definition) is 1. The first kappa shape index (κ1) is 10.0. The molecule has 0 amide bonds. The second-order valence-electron chi connectivity index (χ2n) is 4.22. The van der Waals surface area contributed by atoms with Gasteiger partial charge >= 0.3 is 0 Å². The SMILES string of the molecule is Nc1cccc2cnc(CC3CCCS3)n12. The molecule has 0 spiro atoms. The van der Waals surface area contributed by atoms with Gasteiger partial charge in [-0.25, -0.2) is 4.98 Å². The zero-order valence-corrected chi connectivity index (χ0v) is 9.91. The van der Waals surface area contributed by atoms with Gasteiger partial charge in [0.05, 0.1) is 11.7 Å². The average molecular weight is 233 g/mol. The lowest BCUT2D eigenvalue weighted by Gasteiger charge is -2.08. The monoisotopic (exact) mass is 233 g/mol. The molecule has 1 atom stereocenters. The Morgan fingerprint density at radius 2 is 2.44 bits per heavy atom. The molecule has 2 aromatic heterocycles. The second kappa shape index (κ2) is 4.01. The van der Waals surface area contributed by atoms with Gasteiger partial charge in [0.1, 0.15) is 11.6 Å². The maximum atomic E-state index is 5.99. The highest BCUT2D eigenvalue weighted by Crippen LogP contribution is 2.29. The van der Waals surface area contributed by atoms with Gasteiger partial charge in [-0.3, -0.25) is 4.40 Å². The predicted octanol–water partition coefficient (Wildman–Crippen LogP) is 2.35. The number of pyridine rings is 1. The lowest BCUT2D eigenvalue weighted by Crippen LogP contribution is -2.08. The summed E-state index contributed by atoms with van der Waals surface area (Å²) in [5, 5.41) is 0.727. The van der Waals surface area contributed by atoms with Crippen LogP contribution in [0.25, 0.3) is 5.52 Å². The molecule has 3 rings (SSSR count). The lowest BCUT2D eigenvalue weighted by atomic mass is 10.2. The number of nitrogens with two attached hydrogens (primary N) is 1. The summed E-state index contributed by atoms with van der Waals surface area (Å²) in [6.07, 6.45) is 5.60. The molecular formula is C12H15N3S. The highest BCUT2D eigenvalue weighted by atomic mass is 32.2. The van der Waals surface area contributed by atoms with Crippen molar-refractivity contribution in [1.82, 2.24) is 9.38 Å². The van der Waals surface area contributed by atoms with E-state index in [1.54, 1.807) is 0 Å². The second-order valence-corrected chi connectivity index (χ2v) is 5.63. The van der Waals surface area contributed by atoms with Crippen LogP contribution in [0.2, 0.25) is 0 Å². The molecule has 2 aromatic rings. The van der Waals surface area contributed by atoms with Crippen molar-refractivity contribution in [3.05, 3.63) is 30.2 Å². The fourth-order valence-corrected chi connectivity index (χ4v) is 3.56. The molecule has 84 valence electrons. The van der Waals surface area contributed by atoms with Gasteiger partial charge in [0.2, 0.25) is 0 Å². The Labute approximate surface area is 99.1 Å². The Kier molecular flexibility index (Phi) is 2.52. The van der Waals surface area contributed by atoms with Crippen molar-refractivity contribution >= 4 is 23.1 Å². The highest BCUT2D eigenvalue weighted by molar-refractivity contribution is 8.00. The van der Waals surface area contributed by atoms with Crippen LogP contribution in [0.4, 0.5) is 5.82 Å². The largest absolute Gasteiger partial charge is 0.385 e. The predicted molar refractivity (Wildman–Crippen MR) is 68.8 cm³/mol. The van der Waals surface area contributed by atoms with E-state index < -0.39 is 0 Å². The molecule has 2 N–H and O–H groups in total. The third-order valence-corrected chi connectivity index (χ3v) is 4.49. The molecule has 0 aliphatic carbocycles. The van der Waals surface area contributed by atoms with Gasteiger partial charge < -0.3 is 5.73 Å². The van der Waals surface area contributed by atoms with E-state index >= 15 is 0 Å². The van der Waals surface area contributed by atoms with E-state index in [2.05, 4.69) is 27.2 Å². The number of rotatable bonds is 2. The quantitative estimate of drug-likeness (QED) is 0.866. The van der Waals surface area contributed by atoms with Crippen LogP contribution in [0.5, 0.6) is 0 Å². The molecule has 3 nitrogen and oxygen atoms in total. The normalized spacial score (nSPS) is 20.6. The topological polar surface area (TPSA) is 43.3 Å². The van der Waals surface area contributed by atoms with E-state index in [0.29, 0.717) is 0 Å². The van der Waals surface area contributed by atoms with Crippen LogP contribution < -0.4 is 5.73 Å². The number of imidazole rings is 1. The molecular weight excluding hydrogens is 218 g/mol.